The van der Waals surface area contributed by atoms with Crippen LogP contribution in [0.4, 0.5) is 11.4 Å². The van der Waals surface area contributed by atoms with E-state index in [1.54, 1.807) is 0 Å². The second kappa shape index (κ2) is 7.94. The van der Waals surface area contributed by atoms with Crippen LogP contribution >= 0.6 is 0 Å². The second-order valence-corrected chi connectivity index (χ2v) is 7.54. The first-order valence-electron chi connectivity index (χ1n) is 9.58. The molecule has 0 unspecified atom stereocenters. The summed E-state index contributed by atoms with van der Waals surface area (Å²) in [6.07, 6.45) is 3.71. The summed E-state index contributed by atoms with van der Waals surface area (Å²) in [5.74, 6) is 0.879. The summed E-state index contributed by atoms with van der Waals surface area (Å²) >= 11 is 0. The standard InChI is InChI=1S/C21H30N4O/c1-15-11-13-25(14-12-15)19-7-5-18(6-8-19)22-21(26)10-9-20-16(2)23-24(4)17(20)3/h5-8,15H,9-14H2,1-4H3,(H,22,26). The maximum atomic E-state index is 12.3. The lowest BCUT2D eigenvalue weighted by molar-refractivity contribution is -0.116. The predicted octanol–water partition coefficient (Wildman–Crippen LogP) is 3.84. The Morgan fingerprint density at radius 2 is 1.85 bits per heavy atom. The van der Waals surface area contributed by atoms with Gasteiger partial charge in [0.15, 0.2) is 0 Å². The average Bonchev–Trinajstić information content (AvgIpc) is 2.87. The summed E-state index contributed by atoms with van der Waals surface area (Å²) in [4.78, 5) is 14.7. The summed E-state index contributed by atoms with van der Waals surface area (Å²) in [6.45, 7) is 8.62. The number of amides is 1. The van der Waals surface area contributed by atoms with Crippen LogP contribution in [0.2, 0.25) is 0 Å². The zero-order valence-electron chi connectivity index (χ0n) is 16.4. The number of nitrogens with zero attached hydrogens (tertiary/aromatic N) is 3. The first kappa shape index (κ1) is 18.5. The van der Waals surface area contributed by atoms with Crippen molar-refractivity contribution >= 4 is 17.3 Å². The third-order valence-corrected chi connectivity index (χ3v) is 5.56. The van der Waals surface area contributed by atoms with Gasteiger partial charge in [-0.15, -0.1) is 0 Å². The molecular weight excluding hydrogens is 324 g/mol. The second-order valence-electron chi connectivity index (χ2n) is 7.54. The minimum Gasteiger partial charge on any atom is -0.372 e. The van der Waals surface area contributed by atoms with Gasteiger partial charge in [-0.25, -0.2) is 0 Å². The highest BCUT2D eigenvalue weighted by Crippen LogP contribution is 2.24. The van der Waals surface area contributed by atoms with Gasteiger partial charge in [0.1, 0.15) is 0 Å². The fourth-order valence-electron chi connectivity index (χ4n) is 3.66. The number of carbonyl (C=O) groups is 1. The van der Waals surface area contributed by atoms with E-state index < -0.39 is 0 Å². The van der Waals surface area contributed by atoms with Crippen molar-refractivity contribution in [3.05, 3.63) is 41.2 Å². The average molecular weight is 354 g/mol. The van der Waals surface area contributed by atoms with Crippen LogP contribution in [0.25, 0.3) is 0 Å². The van der Waals surface area contributed by atoms with Crippen molar-refractivity contribution in [3.8, 4) is 0 Å². The van der Waals surface area contributed by atoms with E-state index in [-0.39, 0.29) is 5.91 Å². The molecule has 0 atom stereocenters. The summed E-state index contributed by atoms with van der Waals surface area (Å²) in [6, 6.07) is 8.24. The highest BCUT2D eigenvalue weighted by Gasteiger charge is 2.16. The van der Waals surface area contributed by atoms with Crippen molar-refractivity contribution in [2.75, 3.05) is 23.3 Å². The van der Waals surface area contributed by atoms with E-state index >= 15 is 0 Å². The summed E-state index contributed by atoms with van der Waals surface area (Å²) in [7, 11) is 1.94. The lowest BCUT2D eigenvalue weighted by Gasteiger charge is -2.32. The Morgan fingerprint density at radius 3 is 2.42 bits per heavy atom. The highest BCUT2D eigenvalue weighted by atomic mass is 16.1. The van der Waals surface area contributed by atoms with E-state index in [4.69, 9.17) is 0 Å². The summed E-state index contributed by atoms with van der Waals surface area (Å²) < 4.78 is 1.88. The van der Waals surface area contributed by atoms with E-state index in [2.05, 4.69) is 34.4 Å². The molecule has 0 saturated carbocycles. The maximum absolute atomic E-state index is 12.3. The topological polar surface area (TPSA) is 50.2 Å². The minimum absolute atomic E-state index is 0.0483. The predicted molar refractivity (Wildman–Crippen MR) is 107 cm³/mol. The number of carbonyl (C=O) groups excluding carboxylic acids is 1. The van der Waals surface area contributed by atoms with Crippen molar-refractivity contribution in [2.45, 2.75) is 46.5 Å². The lowest BCUT2D eigenvalue weighted by atomic mass is 9.99. The molecule has 1 aromatic carbocycles. The molecule has 0 spiro atoms. The first-order valence-corrected chi connectivity index (χ1v) is 9.58. The lowest BCUT2D eigenvalue weighted by Crippen LogP contribution is -2.32. The fourth-order valence-corrected chi connectivity index (χ4v) is 3.66. The van der Waals surface area contributed by atoms with Gasteiger partial charge in [-0.2, -0.15) is 5.10 Å². The van der Waals surface area contributed by atoms with Gasteiger partial charge in [0.2, 0.25) is 5.91 Å². The molecule has 140 valence electrons. The number of rotatable bonds is 5. The number of benzene rings is 1. The van der Waals surface area contributed by atoms with Crippen LogP contribution in [0.15, 0.2) is 24.3 Å². The Kier molecular flexibility index (Phi) is 5.64. The third-order valence-electron chi connectivity index (χ3n) is 5.56. The van der Waals surface area contributed by atoms with E-state index in [0.29, 0.717) is 6.42 Å². The number of aryl methyl sites for hydroxylation is 2. The van der Waals surface area contributed by atoms with Gasteiger partial charge in [-0.3, -0.25) is 9.48 Å². The van der Waals surface area contributed by atoms with Crippen molar-refractivity contribution in [1.82, 2.24) is 9.78 Å². The number of aromatic nitrogens is 2. The van der Waals surface area contributed by atoms with Gasteiger partial charge in [-0.1, -0.05) is 6.92 Å². The third kappa shape index (κ3) is 4.26. The van der Waals surface area contributed by atoms with E-state index in [1.807, 2.05) is 37.7 Å². The van der Waals surface area contributed by atoms with E-state index in [9.17, 15) is 4.79 Å². The Bertz CT molecular complexity index is 755. The molecule has 5 nitrogen and oxygen atoms in total. The van der Waals surface area contributed by atoms with Gasteiger partial charge < -0.3 is 10.2 Å². The number of anilines is 2. The molecule has 26 heavy (non-hydrogen) atoms. The van der Waals surface area contributed by atoms with Crippen molar-refractivity contribution in [3.63, 3.8) is 0 Å². The van der Waals surface area contributed by atoms with E-state index in [1.165, 1.54) is 24.1 Å². The molecule has 0 radical (unpaired) electrons. The number of hydrogen-bond donors (Lipinski definition) is 1. The maximum Gasteiger partial charge on any atom is 0.224 e. The normalized spacial score (nSPS) is 15.3. The molecule has 5 heteroatoms. The monoisotopic (exact) mass is 354 g/mol. The van der Waals surface area contributed by atoms with Crippen LogP contribution in [0.3, 0.4) is 0 Å². The Balaban J connectivity index is 1.53. The van der Waals surface area contributed by atoms with Crippen LogP contribution in [0.5, 0.6) is 0 Å². The molecule has 1 aliphatic heterocycles. The Labute approximate surface area is 156 Å². The quantitative estimate of drug-likeness (QED) is 0.887. The largest absolute Gasteiger partial charge is 0.372 e. The molecule has 0 aliphatic carbocycles. The Morgan fingerprint density at radius 1 is 1.19 bits per heavy atom. The van der Waals surface area contributed by atoms with Crippen LogP contribution in [0.1, 0.15) is 43.1 Å². The summed E-state index contributed by atoms with van der Waals surface area (Å²) in [5.41, 5.74) is 5.44. The fraction of sp³-hybridized carbons (Fsp3) is 0.524. The van der Waals surface area contributed by atoms with Gasteiger partial charge in [0, 0.05) is 43.6 Å². The first-order chi connectivity index (χ1) is 12.4. The molecule has 1 fully saturated rings. The zero-order chi connectivity index (χ0) is 18.7. The van der Waals surface area contributed by atoms with Crippen LogP contribution in [-0.4, -0.2) is 28.8 Å². The molecule has 1 saturated heterocycles. The summed E-state index contributed by atoms with van der Waals surface area (Å²) in [5, 5.41) is 7.42. The molecule has 1 aliphatic rings. The minimum atomic E-state index is 0.0483. The van der Waals surface area contributed by atoms with Crippen molar-refractivity contribution in [1.29, 1.82) is 0 Å². The van der Waals surface area contributed by atoms with Crippen LogP contribution < -0.4 is 10.2 Å². The smallest absolute Gasteiger partial charge is 0.224 e. The molecule has 2 heterocycles. The number of nitrogens with one attached hydrogen (secondary N) is 1. The molecule has 1 N–H and O–H groups in total. The van der Waals surface area contributed by atoms with Crippen molar-refractivity contribution < 1.29 is 4.79 Å². The molecular formula is C21H30N4O. The zero-order valence-corrected chi connectivity index (χ0v) is 16.4. The van der Waals surface area contributed by atoms with Crippen molar-refractivity contribution in [2.24, 2.45) is 13.0 Å². The molecule has 0 bridgehead atoms. The van der Waals surface area contributed by atoms with Gasteiger partial charge >= 0.3 is 0 Å². The molecule has 3 rings (SSSR count). The molecule has 1 amide bonds. The van der Waals surface area contributed by atoms with Gasteiger partial charge in [0.05, 0.1) is 5.69 Å². The van der Waals surface area contributed by atoms with Gasteiger partial charge in [-0.05, 0) is 68.9 Å². The van der Waals surface area contributed by atoms with Crippen LogP contribution in [0, 0.1) is 19.8 Å². The number of hydrogen-bond acceptors (Lipinski definition) is 3. The van der Waals surface area contributed by atoms with E-state index in [0.717, 1.165) is 42.5 Å². The Hall–Kier alpha value is -2.30. The molecule has 1 aromatic heterocycles. The SMILES string of the molecule is Cc1nn(C)c(C)c1CCC(=O)Nc1ccc(N2CCC(C)CC2)cc1. The number of piperidine rings is 1. The molecule has 2 aromatic rings. The van der Waals surface area contributed by atoms with Crippen LogP contribution in [-0.2, 0) is 18.3 Å². The highest BCUT2D eigenvalue weighted by molar-refractivity contribution is 5.91. The van der Waals surface area contributed by atoms with Gasteiger partial charge in [0.25, 0.3) is 0 Å².